The summed E-state index contributed by atoms with van der Waals surface area (Å²) < 4.78 is 6.80. The van der Waals surface area contributed by atoms with E-state index in [1.54, 1.807) is 11.0 Å². The molecule has 0 aromatic heterocycles. The van der Waals surface area contributed by atoms with E-state index in [1.807, 2.05) is 63.2 Å². The quantitative estimate of drug-likeness (QED) is 0.340. The fraction of sp³-hybridized carbons (Fsp3) is 0.531. The van der Waals surface area contributed by atoms with E-state index in [0.717, 1.165) is 24.0 Å². The maximum Gasteiger partial charge on any atom is 0.250 e. The molecular formula is C32H40ClN3O5. The van der Waals surface area contributed by atoms with E-state index in [-0.39, 0.29) is 30.2 Å². The van der Waals surface area contributed by atoms with Crippen LogP contribution in [-0.4, -0.2) is 58.1 Å². The minimum absolute atomic E-state index is 0.0409. The van der Waals surface area contributed by atoms with E-state index >= 15 is 0 Å². The summed E-state index contributed by atoms with van der Waals surface area (Å²) in [7, 11) is 0. The maximum atomic E-state index is 14.3. The van der Waals surface area contributed by atoms with Crippen LogP contribution in [0, 0.1) is 24.7 Å². The van der Waals surface area contributed by atoms with Crippen LogP contribution < -0.4 is 10.6 Å². The molecule has 3 unspecified atom stereocenters. The van der Waals surface area contributed by atoms with Crippen LogP contribution in [0.3, 0.4) is 0 Å². The zero-order valence-corrected chi connectivity index (χ0v) is 24.7. The highest BCUT2D eigenvalue weighted by Crippen LogP contribution is 2.65. The van der Waals surface area contributed by atoms with E-state index in [0.29, 0.717) is 43.1 Å². The van der Waals surface area contributed by atoms with Crippen molar-refractivity contribution in [2.45, 2.75) is 76.7 Å². The van der Waals surface area contributed by atoms with Gasteiger partial charge in [0, 0.05) is 19.7 Å². The van der Waals surface area contributed by atoms with Gasteiger partial charge in [0.05, 0.1) is 28.1 Å². The molecule has 3 amide bonds. The topological polar surface area (TPSA) is 108 Å². The molecule has 2 bridgehead atoms. The number of hydrogen-bond acceptors (Lipinski definition) is 5. The number of hydrogen-bond donors (Lipinski definition) is 3. The molecule has 2 aromatic rings. The predicted octanol–water partition coefficient (Wildman–Crippen LogP) is 4.47. The molecule has 3 fully saturated rings. The first-order valence-electron chi connectivity index (χ1n) is 14.6. The number of carbonyl (C=O) groups is 3. The van der Waals surface area contributed by atoms with E-state index in [2.05, 4.69) is 10.6 Å². The lowest BCUT2D eigenvalue weighted by atomic mass is 9.62. The molecular weight excluding hydrogens is 542 g/mol. The first-order valence-corrected chi connectivity index (χ1v) is 15.0. The highest BCUT2D eigenvalue weighted by Gasteiger charge is 2.79. The molecule has 5 rings (SSSR count). The second-order valence-electron chi connectivity index (χ2n) is 12.0. The van der Waals surface area contributed by atoms with Crippen molar-refractivity contribution in [1.82, 2.24) is 10.2 Å². The predicted molar refractivity (Wildman–Crippen MR) is 157 cm³/mol. The Labute approximate surface area is 246 Å². The minimum atomic E-state index is -1.12. The number of benzene rings is 2. The number of likely N-dealkylation sites (tertiary alicyclic amines) is 1. The van der Waals surface area contributed by atoms with Crippen LogP contribution in [-0.2, 0) is 25.7 Å². The number of para-hydroxylation sites is 1. The molecule has 220 valence electrons. The second kappa shape index (κ2) is 11.7. The van der Waals surface area contributed by atoms with Gasteiger partial charge in [-0.25, -0.2) is 0 Å². The molecule has 0 radical (unpaired) electrons. The smallest absolute Gasteiger partial charge is 0.250 e. The summed E-state index contributed by atoms with van der Waals surface area (Å²) >= 11 is 6.46. The standard InChI is InChI=1S/C32H40ClN3O5/c1-20-12-11-15-23(33)26(20)35-29(39)27-32-18-21(2)31(3,41-32)24(28(38)34-19-22-13-7-6-8-14-22)25(32)30(40)36(27)16-9-4-5-10-17-37/h6-8,11-15,21,24-25,27,37H,4-5,9-10,16-19H2,1-3H3,(H,34,38)(H,35,39)/t21?,24-,25-,27?,31+,32?/m0/s1. The fourth-order valence-corrected chi connectivity index (χ4v) is 7.57. The summed E-state index contributed by atoms with van der Waals surface area (Å²) in [5.41, 5.74) is 0.290. The molecule has 3 aliphatic heterocycles. The molecule has 3 heterocycles. The number of rotatable bonds is 11. The van der Waals surface area contributed by atoms with Gasteiger partial charge in [-0.1, -0.05) is 73.8 Å². The number of nitrogens with zero attached hydrogens (tertiary/aromatic N) is 1. The largest absolute Gasteiger partial charge is 0.396 e. The molecule has 8 nitrogen and oxygen atoms in total. The number of nitrogens with one attached hydrogen (secondary N) is 2. The van der Waals surface area contributed by atoms with Gasteiger partial charge in [-0.15, -0.1) is 0 Å². The average molecular weight is 582 g/mol. The van der Waals surface area contributed by atoms with Gasteiger partial charge in [0.2, 0.25) is 17.7 Å². The molecule has 3 aliphatic rings. The Kier molecular flexibility index (Phi) is 8.46. The van der Waals surface area contributed by atoms with Gasteiger partial charge in [0.1, 0.15) is 11.6 Å². The van der Waals surface area contributed by atoms with E-state index < -0.39 is 29.1 Å². The minimum Gasteiger partial charge on any atom is -0.396 e. The van der Waals surface area contributed by atoms with Gasteiger partial charge in [0.25, 0.3) is 0 Å². The van der Waals surface area contributed by atoms with Crippen molar-refractivity contribution in [3.05, 3.63) is 64.7 Å². The van der Waals surface area contributed by atoms with Crippen molar-refractivity contribution in [2.75, 3.05) is 18.5 Å². The number of aliphatic hydroxyl groups is 1. The maximum absolute atomic E-state index is 14.3. The first-order chi connectivity index (χ1) is 19.6. The van der Waals surface area contributed by atoms with Crippen LogP contribution in [0.15, 0.2) is 48.5 Å². The SMILES string of the molecule is Cc1cccc(Cl)c1NC(=O)C1N(CCCCCCO)C(=O)[C@@H]2[C@@H](C(=O)NCc3ccccc3)[C@]3(C)OC12CC3C. The molecule has 0 saturated carbocycles. The van der Waals surface area contributed by atoms with Crippen molar-refractivity contribution in [3.63, 3.8) is 0 Å². The Morgan fingerprint density at radius 3 is 2.51 bits per heavy atom. The van der Waals surface area contributed by atoms with E-state index in [1.165, 1.54) is 0 Å². The van der Waals surface area contributed by atoms with Gasteiger partial charge >= 0.3 is 0 Å². The van der Waals surface area contributed by atoms with Crippen LogP contribution in [0.25, 0.3) is 0 Å². The van der Waals surface area contributed by atoms with Gasteiger partial charge < -0.3 is 25.4 Å². The molecule has 41 heavy (non-hydrogen) atoms. The van der Waals surface area contributed by atoms with Crippen LogP contribution in [0.1, 0.15) is 57.1 Å². The zero-order chi connectivity index (χ0) is 29.4. The molecule has 1 spiro atoms. The lowest BCUT2D eigenvalue weighted by Crippen LogP contribution is -2.54. The number of carbonyl (C=O) groups excluding carboxylic acids is 3. The van der Waals surface area contributed by atoms with Crippen molar-refractivity contribution in [3.8, 4) is 0 Å². The lowest BCUT2D eigenvalue weighted by molar-refractivity contribution is -0.146. The van der Waals surface area contributed by atoms with Crippen LogP contribution in [0.5, 0.6) is 0 Å². The Balaban J connectivity index is 1.47. The Morgan fingerprint density at radius 1 is 1.07 bits per heavy atom. The number of aryl methyl sites for hydroxylation is 1. The summed E-state index contributed by atoms with van der Waals surface area (Å²) in [6, 6.07) is 14.2. The van der Waals surface area contributed by atoms with Crippen LogP contribution in [0.2, 0.25) is 5.02 Å². The van der Waals surface area contributed by atoms with E-state index in [9.17, 15) is 14.4 Å². The fourth-order valence-electron chi connectivity index (χ4n) is 7.30. The number of fused-ring (bicyclic) bond motifs is 1. The molecule has 2 aromatic carbocycles. The van der Waals surface area contributed by atoms with Crippen molar-refractivity contribution >= 4 is 35.0 Å². The molecule has 6 atom stereocenters. The zero-order valence-electron chi connectivity index (χ0n) is 24.0. The number of aliphatic hydroxyl groups excluding tert-OH is 1. The monoisotopic (exact) mass is 581 g/mol. The lowest BCUT2D eigenvalue weighted by Gasteiger charge is -2.36. The van der Waals surface area contributed by atoms with Gasteiger partial charge in [-0.3, -0.25) is 14.4 Å². The summed E-state index contributed by atoms with van der Waals surface area (Å²) in [4.78, 5) is 43.9. The van der Waals surface area contributed by atoms with Crippen molar-refractivity contribution < 1.29 is 24.2 Å². The van der Waals surface area contributed by atoms with Crippen LogP contribution in [0.4, 0.5) is 5.69 Å². The van der Waals surface area contributed by atoms with E-state index in [4.69, 9.17) is 21.4 Å². The van der Waals surface area contributed by atoms with Gasteiger partial charge in [-0.2, -0.15) is 0 Å². The number of ether oxygens (including phenoxy) is 1. The Hall–Kier alpha value is -2.94. The first kappa shape index (κ1) is 29.5. The Bertz CT molecular complexity index is 1290. The summed E-state index contributed by atoms with van der Waals surface area (Å²) in [5.74, 6) is -2.32. The summed E-state index contributed by atoms with van der Waals surface area (Å²) in [5, 5.41) is 15.6. The third-order valence-electron chi connectivity index (χ3n) is 9.43. The van der Waals surface area contributed by atoms with Crippen molar-refractivity contribution in [1.29, 1.82) is 0 Å². The average Bonchev–Trinajstić information content (AvgIpc) is 3.46. The molecule has 9 heteroatoms. The van der Waals surface area contributed by atoms with Gasteiger partial charge in [-0.05, 0) is 56.2 Å². The molecule has 0 aliphatic carbocycles. The second-order valence-corrected chi connectivity index (χ2v) is 12.4. The highest BCUT2D eigenvalue weighted by molar-refractivity contribution is 6.34. The van der Waals surface area contributed by atoms with Crippen molar-refractivity contribution in [2.24, 2.45) is 17.8 Å². The third kappa shape index (κ3) is 5.15. The normalized spacial score (nSPS) is 30.0. The number of unbranched alkanes of at least 4 members (excludes halogenated alkanes) is 3. The van der Waals surface area contributed by atoms with Gasteiger partial charge in [0.15, 0.2) is 0 Å². The third-order valence-corrected chi connectivity index (χ3v) is 9.75. The Morgan fingerprint density at radius 2 is 1.80 bits per heavy atom. The van der Waals surface area contributed by atoms with Crippen LogP contribution >= 0.6 is 11.6 Å². The molecule has 3 N–H and O–H groups in total. The molecule has 3 saturated heterocycles. The summed E-state index contributed by atoms with van der Waals surface area (Å²) in [6.45, 7) is 6.66. The summed E-state index contributed by atoms with van der Waals surface area (Å²) in [6.07, 6.45) is 3.53. The number of halogens is 1. The highest BCUT2D eigenvalue weighted by atomic mass is 35.5. The number of amides is 3. The number of anilines is 1.